The fourth-order valence-electron chi connectivity index (χ4n) is 4.91. The molecule has 3 aromatic carbocycles. The molecule has 0 aliphatic carbocycles. The Labute approximate surface area is 247 Å². The molecule has 0 aromatic heterocycles. The molecule has 12 nitrogen and oxygen atoms in total. The number of aliphatic hydroxyl groups excluding tert-OH is 1. The van der Waals surface area contributed by atoms with Gasteiger partial charge in [-0.3, -0.25) is 19.2 Å². The Hall–Kier alpha value is -4.59. The van der Waals surface area contributed by atoms with Crippen LogP contribution in [0.15, 0.2) is 89.3 Å². The molecule has 0 spiro atoms. The first-order valence-corrected chi connectivity index (χ1v) is 15.1. The van der Waals surface area contributed by atoms with Crippen molar-refractivity contribution in [2.45, 2.75) is 36.1 Å². The molecule has 43 heavy (non-hydrogen) atoms. The first-order chi connectivity index (χ1) is 20.6. The number of fused-ring (bicyclic) bond motifs is 1. The van der Waals surface area contributed by atoms with Crippen LogP contribution in [0.1, 0.15) is 23.2 Å². The van der Waals surface area contributed by atoms with Gasteiger partial charge < -0.3 is 25.4 Å². The van der Waals surface area contributed by atoms with E-state index in [1.165, 1.54) is 17.0 Å². The normalized spacial score (nSPS) is 20.7. The van der Waals surface area contributed by atoms with Crippen LogP contribution in [0.4, 0.5) is 0 Å². The molecule has 2 aliphatic rings. The summed E-state index contributed by atoms with van der Waals surface area (Å²) < 4.78 is 32.8. The molecule has 224 valence electrons. The van der Waals surface area contributed by atoms with E-state index in [0.717, 1.165) is 10.8 Å². The number of carbonyl (C=O) groups is 4. The van der Waals surface area contributed by atoms with Crippen molar-refractivity contribution in [1.29, 1.82) is 0 Å². The molecule has 0 radical (unpaired) electrons. The minimum atomic E-state index is -3.86. The maximum absolute atomic E-state index is 13.6. The number of ether oxygens (including phenoxy) is 1. The minimum Gasteiger partial charge on any atom is -0.434 e. The van der Waals surface area contributed by atoms with Gasteiger partial charge >= 0.3 is 5.97 Å². The summed E-state index contributed by atoms with van der Waals surface area (Å²) in [6.07, 6.45) is -0.00443. The summed E-state index contributed by atoms with van der Waals surface area (Å²) in [5.74, 6) is -2.38. The van der Waals surface area contributed by atoms with Gasteiger partial charge in [0.05, 0.1) is 17.9 Å². The van der Waals surface area contributed by atoms with Crippen LogP contribution in [-0.2, 0) is 29.1 Å². The van der Waals surface area contributed by atoms with Crippen LogP contribution in [-0.4, -0.2) is 80.1 Å². The number of hydrogen-bond donors (Lipinski definition) is 4. The van der Waals surface area contributed by atoms with E-state index in [1.54, 1.807) is 42.5 Å². The fraction of sp³-hybridized carbons (Fsp3) is 0.267. The number of nitrogens with one attached hydrogen (secondary N) is 3. The molecule has 0 bridgehead atoms. The van der Waals surface area contributed by atoms with Crippen LogP contribution >= 0.6 is 0 Å². The molecule has 3 amide bonds. The number of esters is 1. The highest BCUT2D eigenvalue weighted by Crippen LogP contribution is 2.18. The monoisotopic (exact) mass is 606 g/mol. The van der Waals surface area contributed by atoms with Crippen molar-refractivity contribution in [3.63, 3.8) is 0 Å². The Bertz CT molecular complexity index is 1690. The SMILES string of the molecule is O=C(CN1CC(CNS(=O)(=O)c2ccccc2)=CC[C@H](NC(=O)c2ccc3ccccc3c2)C1=O)N[C@H]1CC(=O)OC1O. The lowest BCUT2D eigenvalue weighted by atomic mass is 10.1. The minimum absolute atomic E-state index is 0.0579. The summed E-state index contributed by atoms with van der Waals surface area (Å²) in [4.78, 5) is 52.4. The lowest BCUT2D eigenvalue weighted by molar-refractivity contribution is -0.155. The van der Waals surface area contributed by atoms with Gasteiger partial charge in [0.25, 0.3) is 5.91 Å². The number of amides is 3. The molecule has 3 atom stereocenters. The molecule has 5 rings (SSSR count). The van der Waals surface area contributed by atoms with Crippen molar-refractivity contribution >= 4 is 44.5 Å². The van der Waals surface area contributed by atoms with Crippen molar-refractivity contribution in [1.82, 2.24) is 20.3 Å². The molecule has 1 fully saturated rings. The molecule has 3 aromatic rings. The first kappa shape index (κ1) is 29.9. The maximum atomic E-state index is 13.6. The van der Waals surface area contributed by atoms with Gasteiger partial charge in [-0.2, -0.15) is 0 Å². The van der Waals surface area contributed by atoms with E-state index in [4.69, 9.17) is 0 Å². The van der Waals surface area contributed by atoms with E-state index in [9.17, 15) is 32.7 Å². The van der Waals surface area contributed by atoms with E-state index in [1.807, 2.05) is 24.3 Å². The van der Waals surface area contributed by atoms with Gasteiger partial charge in [0.1, 0.15) is 12.1 Å². The highest BCUT2D eigenvalue weighted by Gasteiger charge is 2.36. The van der Waals surface area contributed by atoms with Gasteiger partial charge in [-0.25, -0.2) is 13.1 Å². The largest absolute Gasteiger partial charge is 0.434 e. The summed E-state index contributed by atoms with van der Waals surface area (Å²) in [6.45, 7) is -0.715. The summed E-state index contributed by atoms with van der Waals surface area (Å²) in [7, 11) is -3.86. The Morgan fingerprint density at radius 2 is 1.67 bits per heavy atom. The second kappa shape index (κ2) is 12.7. The molecule has 2 aliphatic heterocycles. The molecule has 13 heteroatoms. The van der Waals surface area contributed by atoms with Crippen molar-refractivity contribution in [2.75, 3.05) is 19.6 Å². The lowest BCUT2D eigenvalue weighted by Gasteiger charge is -2.26. The van der Waals surface area contributed by atoms with E-state index in [2.05, 4.69) is 20.1 Å². The predicted molar refractivity (Wildman–Crippen MR) is 155 cm³/mol. The van der Waals surface area contributed by atoms with Crippen LogP contribution < -0.4 is 15.4 Å². The number of aliphatic hydroxyl groups is 1. The molecule has 1 unspecified atom stereocenters. The van der Waals surface area contributed by atoms with E-state index >= 15 is 0 Å². The topological polar surface area (TPSA) is 171 Å². The van der Waals surface area contributed by atoms with Crippen molar-refractivity contribution in [3.8, 4) is 0 Å². The molecular formula is C30H30N4O8S. The number of rotatable bonds is 9. The quantitative estimate of drug-likeness (QED) is 0.205. The van der Waals surface area contributed by atoms with Gasteiger partial charge in [0, 0.05) is 18.7 Å². The van der Waals surface area contributed by atoms with Crippen LogP contribution in [0.25, 0.3) is 10.8 Å². The number of sulfonamides is 1. The van der Waals surface area contributed by atoms with Gasteiger partial charge in [-0.15, -0.1) is 0 Å². The van der Waals surface area contributed by atoms with Gasteiger partial charge in [0.2, 0.25) is 28.1 Å². The second-order valence-electron chi connectivity index (χ2n) is 10.3. The zero-order chi connectivity index (χ0) is 30.6. The van der Waals surface area contributed by atoms with E-state index < -0.39 is 58.6 Å². The number of hydrogen-bond acceptors (Lipinski definition) is 8. The predicted octanol–water partition coefficient (Wildman–Crippen LogP) is 0.826. The summed E-state index contributed by atoms with van der Waals surface area (Å²) >= 11 is 0. The Morgan fingerprint density at radius 1 is 0.953 bits per heavy atom. The third-order valence-corrected chi connectivity index (χ3v) is 8.59. The third-order valence-electron chi connectivity index (χ3n) is 7.17. The van der Waals surface area contributed by atoms with Crippen LogP contribution in [0.3, 0.4) is 0 Å². The number of benzene rings is 3. The van der Waals surface area contributed by atoms with Crippen LogP contribution in [0, 0.1) is 0 Å². The molecule has 1 saturated heterocycles. The average molecular weight is 607 g/mol. The summed E-state index contributed by atoms with van der Waals surface area (Å²) in [5.41, 5.74) is 0.849. The number of nitrogens with zero attached hydrogens (tertiary/aromatic N) is 1. The van der Waals surface area contributed by atoms with Gasteiger partial charge in [-0.05, 0) is 47.0 Å². The zero-order valence-corrected chi connectivity index (χ0v) is 23.8. The number of cyclic esters (lactones) is 1. The molecule has 0 saturated carbocycles. The standard InChI is InChI=1S/C30H30N4O8S/c35-26(32-25-15-27(36)42-30(25)39)18-34-17-19(16-31-43(40,41)23-8-2-1-3-9-23)10-13-24(29(34)38)33-28(37)22-12-11-20-6-4-5-7-21(20)14-22/h1-12,14,24-25,30-31,39H,13,15-18H2,(H,32,35)(H,33,37)/t24-,25-,30?/m0/s1. The van der Waals surface area contributed by atoms with E-state index in [-0.39, 0.29) is 30.8 Å². The Morgan fingerprint density at radius 3 is 2.40 bits per heavy atom. The summed E-state index contributed by atoms with van der Waals surface area (Å²) in [6, 6.07) is 18.5. The summed E-state index contributed by atoms with van der Waals surface area (Å²) in [5, 5.41) is 16.9. The maximum Gasteiger partial charge on any atom is 0.310 e. The molecule has 4 N–H and O–H groups in total. The third kappa shape index (κ3) is 7.25. The molecule has 2 heterocycles. The van der Waals surface area contributed by atoms with Crippen LogP contribution in [0.5, 0.6) is 0 Å². The fourth-order valence-corrected chi connectivity index (χ4v) is 5.97. The Kier molecular flexibility index (Phi) is 8.85. The van der Waals surface area contributed by atoms with Crippen LogP contribution in [0.2, 0.25) is 0 Å². The van der Waals surface area contributed by atoms with E-state index in [0.29, 0.717) is 11.1 Å². The van der Waals surface area contributed by atoms with Crippen molar-refractivity contribution in [3.05, 3.63) is 90.0 Å². The first-order valence-electron chi connectivity index (χ1n) is 13.6. The smallest absolute Gasteiger partial charge is 0.310 e. The second-order valence-corrected chi connectivity index (χ2v) is 12.0. The average Bonchev–Trinajstić information content (AvgIpc) is 3.24. The zero-order valence-electron chi connectivity index (χ0n) is 22.9. The highest BCUT2D eigenvalue weighted by atomic mass is 32.2. The van der Waals surface area contributed by atoms with Gasteiger partial charge in [-0.1, -0.05) is 54.6 Å². The Balaban J connectivity index is 1.33. The van der Waals surface area contributed by atoms with Crippen molar-refractivity contribution < 1.29 is 37.4 Å². The number of carbonyl (C=O) groups excluding carboxylic acids is 4. The van der Waals surface area contributed by atoms with Crippen molar-refractivity contribution in [2.24, 2.45) is 0 Å². The highest BCUT2D eigenvalue weighted by molar-refractivity contribution is 7.89. The molecular weight excluding hydrogens is 576 g/mol. The van der Waals surface area contributed by atoms with Gasteiger partial charge in [0.15, 0.2) is 0 Å². The lowest BCUT2D eigenvalue weighted by Crippen LogP contribution is -2.52.